The Morgan fingerprint density at radius 3 is 2.76 bits per heavy atom. The molecule has 0 bridgehead atoms. The van der Waals surface area contributed by atoms with E-state index in [1.54, 1.807) is 22.7 Å². The van der Waals surface area contributed by atoms with E-state index < -0.39 is 12.7 Å². The third-order valence-electron chi connectivity index (χ3n) is 6.65. The number of ether oxygens (including phenoxy) is 1. The van der Waals surface area contributed by atoms with Gasteiger partial charge in [0.05, 0.1) is 18.8 Å². The molecule has 5 rings (SSSR count). The summed E-state index contributed by atoms with van der Waals surface area (Å²) in [6.07, 6.45) is 2.08. The number of amides is 1. The van der Waals surface area contributed by atoms with E-state index in [-0.39, 0.29) is 5.91 Å². The first-order chi connectivity index (χ1) is 15.8. The van der Waals surface area contributed by atoms with Crippen molar-refractivity contribution in [2.45, 2.75) is 25.4 Å². The molecule has 6 nitrogen and oxygen atoms in total. The van der Waals surface area contributed by atoms with Gasteiger partial charge in [-0.15, -0.1) is 11.3 Å². The van der Waals surface area contributed by atoms with E-state index in [1.165, 1.54) is 11.3 Å². The molecule has 1 saturated carbocycles. The van der Waals surface area contributed by atoms with Crippen molar-refractivity contribution in [2.24, 2.45) is 17.8 Å². The lowest BCUT2D eigenvalue weighted by molar-refractivity contribution is -0.144. The minimum atomic E-state index is -4.12. The molecular formula is C23H25F3N4O2S. The molecule has 10 heteroatoms. The van der Waals surface area contributed by atoms with Crippen molar-refractivity contribution in [1.82, 2.24) is 14.9 Å². The van der Waals surface area contributed by atoms with E-state index in [0.717, 1.165) is 35.9 Å². The van der Waals surface area contributed by atoms with Gasteiger partial charge in [-0.1, -0.05) is 0 Å². The van der Waals surface area contributed by atoms with Gasteiger partial charge in [0, 0.05) is 41.8 Å². The van der Waals surface area contributed by atoms with Crippen molar-refractivity contribution in [1.29, 1.82) is 0 Å². The van der Waals surface area contributed by atoms with Crippen LogP contribution >= 0.6 is 11.3 Å². The monoisotopic (exact) mass is 478 g/mol. The number of aromatic nitrogens is 2. The summed E-state index contributed by atoms with van der Waals surface area (Å²) in [6, 6.07) is 5.71. The van der Waals surface area contributed by atoms with Crippen LogP contribution in [0.2, 0.25) is 0 Å². The van der Waals surface area contributed by atoms with Gasteiger partial charge in [-0.2, -0.15) is 13.2 Å². The van der Waals surface area contributed by atoms with Crippen LogP contribution in [0.25, 0.3) is 10.9 Å². The summed E-state index contributed by atoms with van der Waals surface area (Å²) in [4.78, 5) is 21.1. The number of H-pyrrole nitrogens is 1. The van der Waals surface area contributed by atoms with Gasteiger partial charge in [-0.3, -0.25) is 9.69 Å². The number of thiazole rings is 1. The SMILES string of the molecule is O=C(Nc1c[nH]c2ccc(OCC[C@@H]3C[C@@H]4CN(CC(F)(F)F)C[C@@H]4C3)cc12)c1nccs1. The number of aromatic amines is 1. The third kappa shape index (κ3) is 5.16. The molecule has 3 atom stereocenters. The number of carbonyl (C=O) groups is 1. The Bertz CT molecular complexity index is 1100. The van der Waals surface area contributed by atoms with Gasteiger partial charge < -0.3 is 15.0 Å². The Kier molecular flexibility index (Phi) is 6.05. The maximum absolute atomic E-state index is 12.6. The smallest absolute Gasteiger partial charge is 0.401 e. The number of alkyl halides is 3. The average Bonchev–Trinajstić information content (AvgIpc) is 3.51. The molecule has 2 N–H and O–H groups in total. The fourth-order valence-electron chi connectivity index (χ4n) is 5.29. The number of nitrogens with zero attached hydrogens (tertiary/aromatic N) is 2. The fourth-order valence-corrected chi connectivity index (χ4v) is 5.82. The molecule has 3 aromatic rings. The summed E-state index contributed by atoms with van der Waals surface area (Å²) in [5.41, 5.74) is 1.56. The van der Waals surface area contributed by atoms with E-state index >= 15 is 0 Å². The lowest BCUT2D eigenvalue weighted by Crippen LogP contribution is -2.33. The molecule has 0 radical (unpaired) electrons. The Balaban J connectivity index is 1.13. The largest absolute Gasteiger partial charge is 0.494 e. The Morgan fingerprint density at radius 2 is 2.06 bits per heavy atom. The number of benzene rings is 1. The lowest BCUT2D eigenvalue weighted by Gasteiger charge is -2.20. The molecule has 2 fully saturated rings. The molecule has 2 aliphatic rings. The Labute approximate surface area is 193 Å². The number of nitrogens with one attached hydrogen (secondary N) is 2. The van der Waals surface area contributed by atoms with Crippen molar-refractivity contribution >= 4 is 33.8 Å². The Morgan fingerprint density at radius 1 is 1.27 bits per heavy atom. The number of likely N-dealkylation sites (tertiary alicyclic amines) is 1. The molecule has 1 saturated heterocycles. The predicted octanol–water partition coefficient (Wildman–Crippen LogP) is 5.17. The standard InChI is InChI=1S/C23H25F3N4O2S/c24-23(25,26)13-30-11-15-7-14(8-16(15)12-30)3-5-32-17-1-2-19-18(9-17)20(10-28-19)29-21(31)22-27-4-6-33-22/h1-2,4,6,9-10,14-16,28H,3,5,7-8,11-13H2,(H,29,31)/t14-,15-,16+. The van der Waals surface area contributed by atoms with Crippen LogP contribution in [-0.2, 0) is 0 Å². The number of halogens is 3. The summed E-state index contributed by atoms with van der Waals surface area (Å²) < 4.78 is 43.9. The van der Waals surface area contributed by atoms with Crippen LogP contribution in [0.5, 0.6) is 5.75 Å². The second-order valence-electron chi connectivity index (χ2n) is 9.01. The van der Waals surface area contributed by atoms with Crippen LogP contribution in [0, 0.1) is 17.8 Å². The van der Waals surface area contributed by atoms with Crippen molar-refractivity contribution in [3.8, 4) is 5.75 Å². The van der Waals surface area contributed by atoms with E-state index in [4.69, 9.17) is 4.74 Å². The van der Waals surface area contributed by atoms with Crippen molar-refractivity contribution in [2.75, 3.05) is 31.6 Å². The van der Waals surface area contributed by atoms with Crippen LogP contribution < -0.4 is 10.1 Å². The molecule has 2 aromatic heterocycles. The second kappa shape index (κ2) is 8.98. The zero-order valence-corrected chi connectivity index (χ0v) is 18.7. The normalized spacial score (nSPS) is 23.2. The molecule has 3 heterocycles. The lowest BCUT2D eigenvalue weighted by atomic mass is 10.0. The number of carbonyl (C=O) groups excluding carboxylic acids is 1. The predicted molar refractivity (Wildman–Crippen MR) is 121 cm³/mol. The molecule has 33 heavy (non-hydrogen) atoms. The zero-order valence-electron chi connectivity index (χ0n) is 17.9. The second-order valence-corrected chi connectivity index (χ2v) is 9.90. The number of hydrogen-bond acceptors (Lipinski definition) is 5. The summed E-state index contributed by atoms with van der Waals surface area (Å²) in [5.74, 6) is 1.71. The van der Waals surface area contributed by atoms with Crippen molar-refractivity contribution in [3.05, 3.63) is 41.0 Å². The van der Waals surface area contributed by atoms with Crippen LogP contribution in [0.15, 0.2) is 36.0 Å². The van der Waals surface area contributed by atoms with E-state index in [1.807, 2.05) is 18.2 Å². The van der Waals surface area contributed by atoms with Gasteiger partial charge >= 0.3 is 6.18 Å². The molecular weight excluding hydrogens is 453 g/mol. The number of rotatable bonds is 7. The maximum atomic E-state index is 12.6. The fraction of sp³-hybridized carbons (Fsp3) is 0.478. The van der Waals surface area contributed by atoms with Gasteiger partial charge in [0.1, 0.15) is 5.75 Å². The topological polar surface area (TPSA) is 70.2 Å². The highest BCUT2D eigenvalue weighted by Crippen LogP contribution is 2.43. The summed E-state index contributed by atoms with van der Waals surface area (Å²) in [5, 5.41) is 5.90. The highest BCUT2D eigenvalue weighted by Gasteiger charge is 2.43. The van der Waals surface area contributed by atoms with E-state index in [9.17, 15) is 18.0 Å². The van der Waals surface area contributed by atoms with Gasteiger partial charge in [-0.25, -0.2) is 4.98 Å². The minimum absolute atomic E-state index is 0.252. The number of hydrogen-bond donors (Lipinski definition) is 2. The molecule has 0 spiro atoms. The molecule has 1 amide bonds. The molecule has 1 aromatic carbocycles. The molecule has 1 aliphatic carbocycles. The van der Waals surface area contributed by atoms with Crippen LogP contribution in [0.3, 0.4) is 0 Å². The molecule has 176 valence electrons. The van der Waals surface area contributed by atoms with E-state index in [2.05, 4.69) is 15.3 Å². The Hall–Kier alpha value is -2.59. The molecule has 1 aliphatic heterocycles. The summed E-state index contributed by atoms with van der Waals surface area (Å²) in [7, 11) is 0. The first kappa shape index (κ1) is 22.2. The van der Waals surface area contributed by atoms with Crippen molar-refractivity contribution in [3.63, 3.8) is 0 Å². The zero-order chi connectivity index (χ0) is 23.0. The van der Waals surface area contributed by atoms with Gasteiger partial charge in [0.2, 0.25) is 0 Å². The average molecular weight is 479 g/mol. The van der Waals surface area contributed by atoms with Crippen molar-refractivity contribution < 1.29 is 22.7 Å². The summed E-state index contributed by atoms with van der Waals surface area (Å²) in [6.45, 7) is 0.886. The highest BCUT2D eigenvalue weighted by atomic mass is 32.1. The van der Waals surface area contributed by atoms with Gasteiger partial charge in [-0.05, 0) is 55.2 Å². The maximum Gasteiger partial charge on any atom is 0.401 e. The number of fused-ring (bicyclic) bond motifs is 2. The van der Waals surface area contributed by atoms with Crippen LogP contribution in [0.4, 0.5) is 18.9 Å². The van der Waals surface area contributed by atoms with Gasteiger partial charge in [0.25, 0.3) is 5.91 Å². The molecule has 0 unspecified atom stereocenters. The first-order valence-electron chi connectivity index (χ1n) is 11.1. The van der Waals surface area contributed by atoms with Crippen LogP contribution in [-0.4, -0.2) is 53.2 Å². The van der Waals surface area contributed by atoms with E-state index in [0.29, 0.717) is 48.1 Å². The summed E-state index contributed by atoms with van der Waals surface area (Å²) >= 11 is 1.28. The quantitative estimate of drug-likeness (QED) is 0.492. The highest BCUT2D eigenvalue weighted by molar-refractivity contribution is 7.11. The number of anilines is 1. The first-order valence-corrected chi connectivity index (χ1v) is 12.0. The van der Waals surface area contributed by atoms with Gasteiger partial charge in [0.15, 0.2) is 5.01 Å². The third-order valence-corrected chi connectivity index (χ3v) is 7.42. The van der Waals surface area contributed by atoms with Crippen LogP contribution in [0.1, 0.15) is 29.1 Å². The minimum Gasteiger partial charge on any atom is -0.494 e.